The van der Waals surface area contributed by atoms with Gasteiger partial charge in [-0.05, 0) is 42.2 Å². The normalized spacial score (nSPS) is 20.3. The van der Waals surface area contributed by atoms with Gasteiger partial charge >= 0.3 is 6.09 Å². The number of hydrogen-bond donors (Lipinski definition) is 7. The summed E-state index contributed by atoms with van der Waals surface area (Å²) in [4.78, 5) is 50.6. The molecule has 0 aromatic heterocycles. The van der Waals surface area contributed by atoms with Gasteiger partial charge in [0.1, 0.15) is 12.1 Å². The second-order valence-electron chi connectivity index (χ2n) is 12.2. The number of rotatable bonds is 16. The molecule has 0 heterocycles. The van der Waals surface area contributed by atoms with Crippen LogP contribution in [0.5, 0.6) is 0 Å². The molecule has 7 N–H and O–H groups in total. The van der Waals surface area contributed by atoms with Gasteiger partial charge in [-0.25, -0.2) is 4.79 Å². The fourth-order valence-corrected chi connectivity index (χ4v) is 5.83. The lowest BCUT2D eigenvalue weighted by Gasteiger charge is -2.30. The van der Waals surface area contributed by atoms with Gasteiger partial charge in [0.2, 0.25) is 17.7 Å². The second kappa shape index (κ2) is 16.7. The molecular weight excluding hydrogens is 576 g/mol. The predicted octanol–water partition coefficient (Wildman–Crippen LogP) is 1.22. The molecule has 4 amide bonds. The molecule has 1 aliphatic carbocycles. The van der Waals surface area contributed by atoms with Crippen molar-refractivity contribution < 1.29 is 38.7 Å². The first kappa shape index (κ1) is 36.2. The maximum Gasteiger partial charge on any atom is 0.405 e. The summed E-state index contributed by atoms with van der Waals surface area (Å²) in [5.41, 5.74) is 1.83. The van der Waals surface area contributed by atoms with Crippen LogP contribution in [0.1, 0.15) is 71.0 Å². The summed E-state index contributed by atoms with van der Waals surface area (Å²) in [5.74, 6) is -2.51. The molecule has 0 fully saturated rings. The van der Waals surface area contributed by atoms with E-state index in [9.17, 15) is 33.6 Å². The molecule has 0 aliphatic heterocycles. The van der Waals surface area contributed by atoms with Crippen molar-refractivity contribution in [1.82, 2.24) is 21.3 Å². The van der Waals surface area contributed by atoms with E-state index in [2.05, 4.69) is 21.3 Å². The molecule has 0 spiro atoms. The molecule has 242 valence electrons. The Morgan fingerprint density at radius 3 is 2.19 bits per heavy atom. The minimum Gasteiger partial charge on any atom is -0.465 e. The zero-order valence-electron chi connectivity index (χ0n) is 25.8. The highest BCUT2D eigenvalue weighted by atomic mass is 32.2. The standard InChI is InChI=1S/C30H48N4O8S/c1-16(2)13-22(23(35)14-18(5)27(37)33-26-20-10-8-7-9-19(20)15-24(26)36)32-28(38)21(11-12-43(6)42)31-29(39)25(17(3)4)34-30(40)41/h7-10,16-18,21-26,34-36H,11-15H2,1-6H3,(H,31,39)(H,32,38)(H,33,37)(H,40,41)/t18-,21+,22+,23+,24-,25+,26+,43?/m1/s1. The number of carbonyl (C=O) groups is 4. The van der Waals surface area contributed by atoms with Gasteiger partial charge in [0.05, 0.1) is 24.3 Å². The highest BCUT2D eigenvalue weighted by Gasteiger charge is 2.35. The van der Waals surface area contributed by atoms with Crippen molar-refractivity contribution in [3.05, 3.63) is 35.4 Å². The van der Waals surface area contributed by atoms with Crippen LogP contribution >= 0.6 is 0 Å². The quantitative estimate of drug-likeness (QED) is 0.143. The van der Waals surface area contributed by atoms with Gasteiger partial charge < -0.3 is 36.6 Å². The topological polar surface area (TPSA) is 194 Å². The van der Waals surface area contributed by atoms with E-state index in [0.717, 1.165) is 11.1 Å². The van der Waals surface area contributed by atoms with Crippen LogP contribution < -0.4 is 21.3 Å². The fourth-order valence-electron chi connectivity index (χ4n) is 5.26. The first-order chi connectivity index (χ1) is 20.1. The number of carbonyl (C=O) groups excluding carboxylic acids is 3. The summed E-state index contributed by atoms with van der Waals surface area (Å²) in [6.07, 6.45) is -0.886. The third-order valence-electron chi connectivity index (χ3n) is 7.62. The van der Waals surface area contributed by atoms with Gasteiger partial charge in [-0.2, -0.15) is 0 Å². The first-order valence-corrected chi connectivity index (χ1v) is 16.5. The molecule has 0 bridgehead atoms. The van der Waals surface area contributed by atoms with E-state index in [-0.39, 0.29) is 30.4 Å². The van der Waals surface area contributed by atoms with Gasteiger partial charge in [0.15, 0.2) is 0 Å². The average molecular weight is 625 g/mol. The Balaban J connectivity index is 2.13. The van der Waals surface area contributed by atoms with Crippen LogP contribution in [-0.4, -0.2) is 85.7 Å². The number of aliphatic hydroxyl groups excluding tert-OH is 2. The monoisotopic (exact) mass is 624 g/mol. The molecule has 8 atom stereocenters. The van der Waals surface area contributed by atoms with Crippen molar-refractivity contribution in [3.63, 3.8) is 0 Å². The molecule has 0 saturated carbocycles. The molecule has 1 aromatic rings. The number of aliphatic hydroxyl groups is 2. The van der Waals surface area contributed by atoms with Crippen LogP contribution in [0, 0.1) is 17.8 Å². The van der Waals surface area contributed by atoms with E-state index in [1.54, 1.807) is 20.8 Å². The summed E-state index contributed by atoms with van der Waals surface area (Å²) in [6, 6.07) is 3.97. The second-order valence-corrected chi connectivity index (χ2v) is 13.8. The van der Waals surface area contributed by atoms with Gasteiger partial charge in [-0.3, -0.25) is 18.6 Å². The number of amides is 4. The first-order valence-electron chi connectivity index (χ1n) is 14.7. The molecule has 1 unspecified atom stereocenters. The van der Waals surface area contributed by atoms with Gasteiger partial charge in [0, 0.05) is 35.1 Å². The van der Waals surface area contributed by atoms with Gasteiger partial charge in [-0.1, -0.05) is 58.9 Å². The number of fused-ring (bicyclic) bond motifs is 1. The van der Waals surface area contributed by atoms with E-state index >= 15 is 0 Å². The Kier molecular flexibility index (Phi) is 14.1. The summed E-state index contributed by atoms with van der Waals surface area (Å²) in [5, 5.41) is 41.3. The van der Waals surface area contributed by atoms with E-state index in [4.69, 9.17) is 5.11 Å². The average Bonchev–Trinajstić information content (AvgIpc) is 3.22. The lowest BCUT2D eigenvalue weighted by molar-refractivity contribution is -0.131. The lowest BCUT2D eigenvalue weighted by Crippen LogP contribution is -2.57. The predicted molar refractivity (Wildman–Crippen MR) is 163 cm³/mol. The van der Waals surface area contributed by atoms with Crippen LogP contribution in [0.25, 0.3) is 0 Å². The number of benzene rings is 1. The Labute approximate surface area is 256 Å². The maximum atomic E-state index is 13.4. The van der Waals surface area contributed by atoms with E-state index in [1.807, 2.05) is 38.1 Å². The fraction of sp³-hybridized carbons (Fsp3) is 0.667. The van der Waals surface area contributed by atoms with Crippen LogP contribution in [-0.2, 0) is 31.6 Å². The van der Waals surface area contributed by atoms with Crippen LogP contribution in [0.15, 0.2) is 24.3 Å². The Morgan fingerprint density at radius 1 is 0.953 bits per heavy atom. The van der Waals surface area contributed by atoms with Gasteiger partial charge in [0.25, 0.3) is 0 Å². The number of nitrogens with one attached hydrogen (secondary N) is 4. The molecular formula is C30H48N4O8S. The molecule has 2 rings (SSSR count). The van der Waals surface area contributed by atoms with E-state index < -0.39 is 76.9 Å². The maximum absolute atomic E-state index is 13.4. The molecule has 12 nitrogen and oxygen atoms in total. The molecule has 43 heavy (non-hydrogen) atoms. The van der Waals surface area contributed by atoms with Crippen LogP contribution in [0.3, 0.4) is 0 Å². The largest absolute Gasteiger partial charge is 0.465 e. The Bertz CT molecular complexity index is 1150. The Morgan fingerprint density at radius 2 is 1.60 bits per heavy atom. The Hall–Kier alpha value is -3.03. The van der Waals surface area contributed by atoms with Crippen molar-refractivity contribution in [2.45, 2.75) is 96.7 Å². The third-order valence-corrected chi connectivity index (χ3v) is 8.43. The summed E-state index contributed by atoms with van der Waals surface area (Å²) in [6.45, 7) is 8.83. The highest BCUT2D eigenvalue weighted by molar-refractivity contribution is 7.84. The van der Waals surface area contributed by atoms with Crippen molar-refractivity contribution in [2.24, 2.45) is 17.8 Å². The molecule has 1 aromatic carbocycles. The molecule has 0 saturated heterocycles. The molecule has 0 radical (unpaired) electrons. The van der Waals surface area contributed by atoms with Crippen molar-refractivity contribution in [1.29, 1.82) is 0 Å². The van der Waals surface area contributed by atoms with Crippen molar-refractivity contribution >= 4 is 34.6 Å². The SMILES string of the molecule is CC(C)C[C@H](NC(=O)[C@H](CCS(C)=O)NC(=O)[C@@H](NC(=O)O)C(C)C)[C@@H](O)C[C@@H](C)C(=O)N[C@H]1c2ccccc2C[C@H]1O. The zero-order valence-corrected chi connectivity index (χ0v) is 26.6. The minimum absolute atomic E-state index is 0.0297. The number of carboxylic acid groups (broad SMARTS) is 1. The lowest BCUT2D eigenvalue weighted by atomic mass is 9.92. The molecule has 1 aliphatic rings. The van der Waals surface area contributed by atoms with E-state index in [0.29, 0.717) is 12.8 Å². The summed E-state index contributed by atoms with van der Waals surface area (Å²) < 4.78 is 11.8. The zero-order chi connectivity index (χ0) is 32.4. The molecule has 13 heteroatoms. The highest BCUT2D eigenvalue weighted by Crippen LogP contribution is 2.31. The van der Waals surface area contributed by atoms with Crippen molar-refractivity contribution in [2.75, 3.05) is 12.0 Å². The van der Waals surface area contributed by atoms with Gasteiger partial charge in [-0.15, -0.1) is 0 Å². The van der Waals surface area contributed by atoms with Crippen LogP contribution in [0.4, 0.5) is 4.79 Å². The smallest absolute Gasteiger partial charge is 0.405 e. The number of hydrogen-bond acceptors (Lipinski definition) is 7. The minimum atomic E-state index is -1.38. The van der Waals surface area contributed by atoms with E-state index in [1.165, 1.54) is 6.26 Å². The van der Waals surface area contributed by atoms with Crippen LogP contribution in [0.2, 0.25) is 0 Å². The summed E-state index contributed by atoms with van der Waals surface area (Å²) >= 11 is 0. The summed E-state index contributed by atoms with van der Waals surface area (Å²) in [7, 11) is -1.26. The third kappa shape index (κ3) is 11.2. The van der Waals surface area contributed by atoms with Crippen molar-refractivity contribution in [3.8, 4) is 0 Å².